The van der Waals surface area contributed by atoms with Crippen LogP contribution in [0.1, 0.15) is 80.1 Å². The Morgan fingerprint density at radius 1 is 1.13 bits per heavy atom. The zero-order chi connectivity index (χ0) is 21.5. The minimum Gasteiger partial charge on any atom is -0.478 e. The molecule has 0 bridgehead atoms. The zero-order valence-electron chi connectivity index (χ0n) is 18.0. The third kappa shape index (κ3) is 5.12. The first-order valence-electron chi connectivity index (χ1n) is 10.7. The lowest BCUT2D eigenvalue weighted by Gasteiger charge is -2.08. The molecule has 3 aromatic rings. The first-order chi connectivity index (χ1) is 14.5. The first-order valence-corrected chi connectivity index (χ1v) is 10.7. The number of nitrogens with zero attached hydrogens (tertiary/aromatic N) is 4. The molecule has 6 heteroatoms. The van der Waals surface area contributed by atoms with Crippen LogP contribution in [0.25, 0.3) is 11.1 Å². The van der Waals surface area contributed by atoms with Crippen molar-refractivity contribution in [2.45, 2.75) is 65.3 Å². The van der Waals surface area contributed by atoms with Crippen molar-refractivity contribution in [1.29, 1.82) is 0 Å². The molecule has 0 amide bonds. The van der Waals surface area contributed by atoms with E-state index in [1.807, 2.05) is 28.9 Å². The number of carbonyl (C=O) groups is 1. The Bertz CT molecular complexity index is 979. The van der Waals surface area contributed by atoms with Crippen molar-refractivity contribution in [1.82, 2.24) is 19.7 Å². The fraction of sp³-hybridized carbons (Fsp3) is 0.417. The second-order valence-corrected chi connectivity index (χ2v) is 7.70. The topological polar surface area (TPSA) is 80.9 Å². The molecule has 1 aromatic carbocycles. The normalized spacial score (nSPS) is 12.1. The predicted molar refractivity (Wildman–Crippen MR) is 118 cm³/mol. The molecule has 2 heterocycles. The Balaban J connectivity index is 1.83. The van der Waals surface area contributed by atoms with Gasteiger partial charge in [-0.1, -0.05) is 57.9 Å². The van der Waals surface area contributed by atoms with Crippen LogP contribution in [0, 0.1) is 0 Å². The summed E-state index contributed by atoms with van der Waals surface area (Å²) < 4.78 is 1.98. The van der Waals surface area contributed by atoms with Crippen LogP contribution in [0.2, 0.25) is 0 Å². The van der Waals surface area contributed by atoms with Crippen LogP contribution < -0.4 is 0 Å². The summed E-state index contributed by atoms with van der Waals surface area (Å²) in [6.45, 7) is 7.06. The molecule has 6 nitrogen and oxygen atoms in total. The van der Waals surface area contributed by atoms with Gasteiger partial charge in [0.1, 0.15) is 5.82 Å². The van der Waals surface area contributed by atoms with E-state index in [1.54, 1.807) is 18.3 Å². The van der Waals surface area contributed by atoms with E-state index in [4.69, 9.17) is 10.1 Å². The molecule has 1 N–H and O–H groups in total. The summed E-state index contributed by atoms with van der Waals surface area (Å²) in [4.78, 5) is 20.9. The fourth-order valence-electron chi connectivity index (χ4n) is 3.38. The molecule has 0 aliphatic heterocycles. The largest absolute Gasteiger partial charge is 0.478 e. The van der Waals surface area contributed by atoms with Crippen LogP contribution in [-0.2, 0) is 13.0 Å². The van der Waals surface area contributed by atoms with Crippen molar-refractivity contribution in [2.24, 2.45) is 0 Å². The summed E-state index contributed by atoms with van der Waals surface area (Å²) in [5.74, 6) is 1.31. The quantitative estimate of drug-likeness (QED) is 0.460. The van der Waals surface area contributed by atoms with Gasteiger partial charge < -0.3 is 5.11 Å². The minimum atomic E-state index is -0.938. The molecule has 0 spiro atoms. The van der Waals surface area contributed by atoms with E-state index in [1.165, 1.54) is 12.8 Å². The molecule has 1 atom stereocenters. The Morgan fingerprint density at radius 3 is 2.60 bits per heavy atom. The molecule has 0 saturated carbocycles. The molecule has 0 aliphatic carbocycles. The van der Waals surface area contributed by atoms with E-state index in [0.29, 0.717) is 18.0 Å². The van der Waals surface area contributed by atoms with Crippen LogP contribution >= 0.6 is 0 Å². The van der Waals surface area contributed by atoms with E-state index in [9.17, 15) is 9.90 Å². The van der Waals surface area contributed by atoms with Crippen molar-refractivity contribution in [3.8, 4) is 11.1 Å². The van der Waals surface area contributed by atoms with Gasteiger partial charge in [-0.15, -0.1) is 0 Å². The molecule has 0 radical (unpaired) electrons. The highest BCUT2D eigenvalue weighted by atomic mass is 16.4. The van der Waals surface area contributed by atoms with Gasteiger partial charge in [-0.05, 0) is 30.5 Å². The molecule has 0 fully saturated rings. The minimum absolute atomic E-state index is 0.278. The van der Waals surface area contributed by atoms with Gasteiger partial charge in [-0.2, -0.15) is 5.10 Å². The van der Waals surface area contributed by atoms with Crippen molar-refractivity contribution >= 4 is 5.97 Å². The van der Waals surface area contributed by atoms with Crippen LogP contribution in [0.5, 0.6) is 0 Å². The van der Waals surface area contributed by atoms with Crippen molar-refractivity contribution in [2.75, 3.05) is 0 Å². The maximum absolute atomic E-state index is 11.5. The predicted octanol–water partition coefficient (Wildman–Crippen LogP) is 5.33. The fourth-order valence-corrected chi connectivity index (χ4v) is 3.38. The molecule has 3 rings (SSSR count). The molecule has 158 valence electrons. The second kappa shape index (κ2) is 10.1. The summed E-state index contributed by atoms with van der Waals surface area (Å²) in [7, 11) is 0. The standard InChI is InChI=1S/C24H30N4O2/c1-4-6-7-12-22-26-23(17(3)5-2)27-28(22)16-19-14-13-18(15-25-19)20-10-8-9-11-21(20)24(29)30/h8-11,13-15,17H,4-7,12,16H2,1-3H3,(H,29,30). The number of aryl methyl sites for hydroxylation is 1. The molecule has 30 heavy (non-hydrogen) atoms. The number of carboxylic acids is 1. The maximum atomic E-state index is 11.5. The highest BCUT2D eigenvalue weighted by Gasteiger charge is 2.15. The van der Waals surface area contributed by atoms with Gasteiger partial charge in [0.15, 0.2) is 5.82 Å². The third-order valence-electron chi connectivity index (χ3n) is 5.43. The van der Waals surface area contributed by atoms with Crippen LogP contribution in [0.4, 0.5) is 0 Å². The molecule has 1 unspecified atom stereocenters. The highest BCUT2D eigenvalue weighted by Crippen LogP contribution is 2.23. The lowest BCUT2D eigenvalue weighted by molar-refractivity contribution is 0.0697. The van der Waals surface area contributed by atoms with Gasteiger partial charge in [0, 0.05) is 24.1 Å². The number of hydrogen-bond donors (Lipinski definition) is 1. The van der Waals surface area contributed by atoms with Gasteiger partial charge >= 0.3 is 5.97 Å². The van der Waals surface area contributed by atoms with E-state index in [0.717, 1.165) is 42.2 Å². The molecule has 2 aromatic heterocycles. The van der Waals surface area contributed by atoms with Crippen molar-refractivity contribution in [3.63, 3.8) is 0 Å². The third-order valence-corrected chi connectivity index (χ3v) is 5.43. The SMILES string of the molecule is CCCCCc1nc(C(C)CC)nn1Cc1ccc(-c2ccccc2C(=O)O)cn1. The molecule has 0 aliphatic rings. The van der Waals surface area contributed by atoms with Crippen LogP contribution in [0.15, 0.2) is 42.6 Å². The first kappa shape index (κ1) is 21.7. The number of aromatic carboxylic acids is 1. The van der Waals surface area contributed by atoms with E-state index in [-0.39, 0.29) is 5.56 Å². The number of rotatable bonds is 10. The monoisotopic (exact) mass is 406 g/mol. The Morgan fingerprint density at radius 2 is 1.93 bits per heavy atom. The van der Waals surface area contributed by atoms with Crippen LogP contribution in [0.3, 0.4) is 0 Å². The average Bonchev–Trinajstić information content (AvgIpc) is 3.16. The second-order valence-electron chi connectivity index (χ2n) is 7.70. The van der Waals surface area contributed by atoms with E-state index in [2.05, 4.69) is 25.8 Å². The Hall–Kier alpha value is -3.02. The van der Waals surface area contributed by atoms with Gasteiger partial charge in [0.05, 0.1) is 17.8 Å². The highest BCUT2D eigenvalue weighted by molar-refractivity contribution is 5.95. The molecule has 0 saturated heterocycles. The average molecular weight is 407 g/mol. The summed E-state index contributed by atoms with van der Waals surface area (Å²) in [6, 6.07) is 10.8. The van der Waals surface area contributed by atoms with E-state index < -0.39 is 5.97 Å². The number of carboxylic acid groups (broad SMARTS) is 1. The lowest BCUT2D eigenvalue weighted by atomic mass is 10.0. The van der Waals surface area contributed by atoms with Crippen molar-refractivity contribution in [3.05, 3.63) is 65.5 Å². The molecular weight excluding hydrogens is 376 g/mol. The summed E-state index contributed by atoms with van der Waals surface area (Å²) in [5.41, 5.74) is 2.62. The molecular formula is C24H30N4O2. The van der Waals surface area contributed by atoms with Gasteiger partial charge in [0.25, 0.3) is 0 Å². The maximum Gasteiger partial charge on any atom is 0.336 e. The van der Waals surface area contributed by atoms with Gasteiger partial charge in [-0.3, -0.25) is 4.98 Å². The number of aromatic nitrogens is 4. The summed E-state index contributed by atoms with van der Waals surface area (Å²) in [5, 5.41) is 14.2. The van der Waals surface area contributed by atoms with E-state index >= 15 is 0 Å². The Kier molecular flexibility index (Phi) is 7.33. The summed E-state index contributed by atoms with van der Waals surface area (Å²) in [6.07, 6.45) is 7.12. The Labute approximate surface area is 178 Å². The number of unbranched alkanes of at least 4 members (excludes halogenated alkanes) is 2. The number of hydrogen-bond acceptors (Lipinski definition) is 4. The van der Waals surface area contributed by atoms with Crippen molar-refractivity contribution < 1.29 is 9.90 Å². The number of pyridine rings is 1. The number of benzene rings is 1. The lowest BCUT2D eigenvalue weighted by Crippen LogP contribution is -2.09. The zero-order valence-corrected chi connectivity index (χ0v) is 18.0. The van der Waals surface area contributed by atoms with Gasteiger partial charge in [0.2, 0.25) is 0 Å². The van der Waals surface area contributed by atoms with Gasteiger partial charge in [-0.25, -0.2) is 14.5 Å². The summed E-state index contributed by atoms with van der Waals surface area (Å²) >= 11 is 0. The smallest absolute Gasteiger partial charge is 0.336 e. The van der Waals surface area contributed by atoms with Crippen LogP contribution in [-0.4, -0.2) is 30.8 Å².